The van der Waals surface area contributed by atoms with Gasteiger partial charge in [0, 0.05) is 12.2 Å². The molecule has 0 N–H and O–H groups in total. The topological polar surface area (TPSA) is 50.1 Å². The minimum Gasteiger partial charge on any atom is -0.367 e. The zero-order valence-electron chi connectivity index (χ0n) is 10.1. The highest BCUT2D eigenvalue weighted by Gasteiger charge is 2.42. The minimum atomic E-state index is -1.10. The van der Waals surface area contributed by atoms with Crippen LogP contribution in [-0.2, 0) is 9.53 Å². The van der Waals surface area contributed by atoms with Crippen LogP contribution in [0.3, 0.4) is 0 Å². The lowest BCUT2D eigenvalue weighted by molar-refractivity contribution is -0.137. The van der Waals surface area contributed by atoms with Gasteiger partial charge in [0.1, 0.15) is 17.3 Å². The van der Waals surface area contributed by atoms with Gasteiger partial charge < -0.3 is 4.74 Å². The summed E-state index contributed by atoms with van der Waals surface area (Å²) in [5.74, 6) is -1.99. The van der Waals surface area contributed by atoms with E-state index in [0.29, 0.717) is 13.0 Å². The molecule has 0 amide bonds. The van der Waals surface area contributed by atoms with Crippen molar-refractivity contribution in [1.29, 1.82) is 5.26 Å². The number of nitriles is 1. The normalized spacial score (nSPS) is 24.5. The summed E-state index contributed by atoms with van der Waals surface area (Å²) in [6.07, 6.45) is 1.37. The van der Waals surface area contributed by atoms with Crippen molar-refractivity contribution in [3.05, 3.63) is 35.6 Å². The smallest absolute Gasteiger partial charge is 0.185 e. The van der Waals surface area contributed by atoms with E-state index in [1.54, 1.807) is 13.0 Å². The zero-order valence-corrected chi connectivity index (χ0v) is 10.1. The monoisotopic (exact) mass is 247 g/mol. The molecule has 0 aromatic heterocycles. The van der Waals surface area contributed by atoms with Gasteiger partial charge in [0.2, 0.25) is 0 Å². The van der Waals surface area contributed by atoms with E-state index in [1.807, 2.05) is 6.07 Å². The highest BCUT2D eigenvalue weighted by atomic mass is 19.1. The highest BCUT2D eigenvalue weighted by Crippen LogP contribution is 2.32. The molecule has 0 bridgehead atoms. The summed E-state index contributed by atoms with van der Waals surface area (Å²) in [5.41, 5.74) is -0.829. The first kappa shape index (κ1) is 12.7. The van der Waals surface area contributed by atoms with Gasteiger partial charge in [-0.25, -0.2) is 4.39 Å². The SMILES string of the molecule is CC1(C(=O)C(C#N)c2ccccc2F)CCCO1. The van der Waals surface area contributed by atoms with Crippen molar-refractivity contribution >= 4 is 5.78 Å². The molecule has 2 atom stereocenters. The summed E-state index contributed by atoms with van der Waals surface area (Å²) in [4.78, 5) is 12.3. The third-order valence-electron chi connectivity index (χ3n) is 3.35. The molecule has 2 unspecified atom stereocenters. The van der Waals surface area contributed by atoms with Crippen LogP contribution < -0.4 is 0 Å². The number of benzene rings is 1. The molecule has 0 radical (unpaired) electrons. The Balaban J connectivity index is 2.33. The van der Waals surface area contributed by atoms with Crippen molar-refractivity contribution < 1.29 is 13.9 Å². The standard InChI is InChI=1S/C14H14FNO2/c1-14(7-4-8-18-14)13(17)11(9-16)10-5-2-3-6-12(10)15/h2-3,5-6,11H,4,7-8H2,1H3. The van der Waals surface area contributed by atoms with Crippen LogP contribution in [0.2, 0.25) is 0 Å². The number of ketones is 1. The van der Waals surface area contributed by atoms with E-state index in [0.717, 1.165) is 6.42 Å². The summed E-state index contributed by atoms with van der Waals surface area (Å²) < 4.78 is 19.1. The molecule has 0 spiro atoms. The van der Waals surface area contributed by atoms with E-state index in [-0.39, 0.29) is 11.3 Å². The maximum Gasteiger partial charge on any atom is 0.185 e. The van der Waals surface area contributed by atoms with Crippen LogP contribution in [0.25, 0.3) is 0 Å². The fourth-order valence-corrected chi connectivity index (χ4v) is 2.26. The Labute approximate surface area is 105 Å². The van der Waals surface area contributed by atoms with Gasteiger partial charge >= 0.3 is 0 Å². The lowest BCUT2D eigenvalue weighted by Crippen LogP contribution is -2.38. The van der Waals surface area contributed by atoms with Gasteiger partial charge in [-0.15, -0.1) is 0 Å². The van der Waals surface area contributed by atoms with Crippen LogP contribution in [0.4, 0.5) is 4.39 Å². The van der Waals surface area contributed by atoms with Gasteiger partial charge in [0.15, 0.2) is 5.78 Å². The van der Waals surface area contributed by atoms with Gasteiger partial charge in [0.25, 0.3) is 0 Å². The number of halogens is 1. The van der Waals surface area contributed by atoms with Crippen LogP contribution in [0.1, 0.15) is 31.2 Å². The van der Waals surface area contributed by atoms with E-state index in [4.69, 9.17) is 10.00 Å². The van der Waals surface area contributed by atoms with Crippen molar-refractivity contribution in [2.75, 3.05) is 6.61 Å². The lowest BCUT2D eigenvalue weighted by Gasteiger charge is -2.24. The average Bonchev–Trinajstić information content (AvgIpc) is 2.81. The number of Topliss-reactive ketones (excluding diaryl/α,β-unsaturated/α-hetero) is 1. The fraction of sp³-hybridized carbons (Fsp3) is 0.429. The summed E-state index contributed by atoms with van der Waals surface area (Å²) in [6, 6.07) is 7.77. The van der Waals surface area contributed by atoms with Gasteiger partial charge in [-0.05, 0) is 25.8 Å². The second kappa shape index (κ2) is 4.87. The van der Waals surface area contributed by atoms with E-state index < -0.39 is 17.3 Å². The number of carbonyl (C=O) groups is 1. The highest BCUT2D eigenvalue weighted by molar-refractivity contribution is 5.95. The van der Waals surface area contributed by atoms with E-state index in [9.17, 15) is 9.18 Å². The molecule has 1 aliphatic rings. The summed E-state index contributed by atoms with van der Waals surface area (Å²) >= 11 is 0. The van der Waals surface area contributed by atoms with Gasteiger partial charge in [-0.1, -0.05) is 18.2 Å². The van der Waals surface area contributed by atoms with Crippen molar-refractivity contribution in [3.8, 4) is 6.07 Å². The summed E-state index contributed by atoms with van der Waals surface area (Å²) in [6.45, 7) is 2.19. The van der Waals surface area contributed by atoms with Crippen molar-refractivity contribution in [2.45, 2.75) is 31.3 Å². The Hall–Kier alpha value is -1.73. The Morgan fingerprint density at radius 3 is 2.83 bits per heavy atom. The van der Waals surface area contributed by atoms with Crippen LogP contribution in [0.5, 0.6) is 0 Å². The third-order valence-corrected chi connectivity index (χ3v) is 3.35. The molecule has 1 heterocycles. The Bertz CT molecular complexity index is 501. The summed E-state index contributed by atoms with van der Waals surface area (Å²) in [5, 5.41) is 9.16. The van der Waals surface area contributed by atoms with E-state index in [2.05, 4.69) is 0 Å². The van der Waals surface area contributed by atoms with E-state index >= 15 is 0 Å². The molecule has 2 rings (SSSR count). The van der Waals surface area contributed by atoms with Crippen LogP contribution in [0, 0.1) is 17.1 Å². The van der Waals surface area contributed by atoms with Crippen LogP contribution in [0.15, 0.2) is 24.3 Å². The second-order valence-corrected chi connectivity index (χ2v) is 4.63. The number of hydrogen-bond donors (Lipinski definition) is 0. The molecule has 94 valence electrons. The Morgan fingerprint density at radius 2 is 2.28 bits per heavy atom. The van der Waals surface area contributed by atoms with E-state index in [1.165, 1.54) is 18.2 Å². The predicted octanol–water partition coefficient (Wildman–Crippen LogP) is 2.57. The number of hydrogen-bond acceptors (Lipinski definition) is 3. The van der Waals surface area contributed by atoms with Crippen LogP contribution >= 0.6 is 0 Å². The molecular formula is C14H14FNO2. The van der Waals surface area contributed by atoms with Crippen molar-refractivity contribution in [1.82, 2.24) is 0 Å². The molecule has 18 heavy (non-hydrogen) atoms. The average molecular weight is 247 g/mol. The maximum atomic E-state index is 13.7. The molecule has 1 saturated heterocycles. The lowest BCUT2D eigenvalue weighted by atomic mass is 9.84. The second-order valence-electron chi connectivity index (χ2n) is 4.63. The first-order valence-corrected chi connectivity index (χ1v) is 5.91. The minimum absolute atomic E-state index is 0.127. The van der Waals surface area contributed by atoms with Crippen molar-refractivity contribution in [2.24, 2.45) is 0 Å². The fourth-order valence-electron chi connectivity index (χ4n) is 2.26. The number of carbonyl (C=O) groups excluding carboxylic acids is 1. The maximum absolute atomic E-state index is 13.7. The largest absolute Gasteiger partial charge is 0.367 e. The number of ether oxygens (including phenoxy) is 1. The third kappa shape index (κ3) is 2.14. The number of nitrogens with zero attached hydrogens (tertiary/aromatic N) is 1. The van der Waals surface area contributed by atoms with Gasteiger partial charge in [-0.3, -0.25) is 4.79 Å². The van der Waals surface area contributed by atoms with Crippen molar-refractivity contribution in [3.63, 3.8) is 0 Å². The first-order chi connectivity index (χ1) is 8.58. The quantitative estimate of drug-likeness (QED) is 0.824. The van der Waals surface area contributed by atoms with Gasteiger partial charge in [-0.2, -0.15) is 5.26 Å². The molecule has 0 aliphatic carbocycles. The molecule has 1 aromatic rings. The number of rotatable bonds is 3. The zero-order chi connectivity index (χ0) is 13.2. The Kier molecular flexibility index (Phi) is 3.44. The molecule has 1 aliphatic heterocycles. The molecule has 1 fully saturated rings. The summed E-state index contributed by atoms with van der Waals surface area (Å²) in [7, 11) is 0. The predicted molar refractivity (Wildman–Crippen MR) is 63.4 cm³/mol. The molecule has 3 nitrogen and oxygen atoms in total. The molecule has 1 aromatic carbocycles. The van der Waals surface area contributed by atoms with Gasteiger partial charge in [0.05, 0.1) is 6.07 Å². The molecule has 4 heteroatoms. The molecule has 0 saturated carbocycles. The molecular weight excluding hydrogens is 233 g/mol. The van der Waals surface area contributed by atoms with Crippen LogP contribution in [-0.4, -0.2) is 18.0 Å². The first-order valence-electron chi connectivity index (χ1n) is 5.91. The Morgan fingerprint density at radius 1 is 1.56 bits per heavy atom.